The minimum atomic E-state index is 0.149. The molecule has 1 aliphatic carbocycles. The van der Waals surface area contributed by atoms with Crippen molar-refractivity contribution in [3.63, 3.8) is 0 Å². The van der Waals surface area contributed by atoms with Gasteiger partial charge in [0.25, 0.3) is 0 Å². The number of carbonyl (C=O) groups excluding carboxylic acids is 2. The van der Waals surface area contributed by atoms with Gasteiger partial charge in [-0.15, -0.1) is 0 Å². The van der Waals surface area contributed by atoms with Gasteiger partial charge in [0, 0.05) is 25.4 Å². The Hall–Kier alpha value is -1.10. The fourth-order valence-corrected chi connectivity index (χ4v) is 3.29. The van der Waals surface area contributed by atoms with E-state index in [4.69, 9.17) is 0 Å². The highest BCUT2D eigenvalue weighted by Gasteiger charge is 2.24. The molecule has 1 saturated heterocycles. The minimum absolute atomic E-state index is 0.149. The van der Waals surface area contributed by atoms with E-state index in [-0.39, 0.29) is 17.7 Å². The quantitative estimate of drug-likeness (QED) is 0.594. The van der Waals surface area contributed by atoms with Crippen LogP contribution in [-0.4, -0.2) is 38.0 Å². The van der Waals surface area contributed by atoms with E-state index in [1.54, 1.807) is 0 Å². The van der Waals surface area contributed by atoms with E-state index in [1.165, 1.54) is 19.3 Å². The fourth-order valence-electron chi connectivity index (χ4n) is 3.29. The fraction of sp³-hybridized carbons (Fsp3) is 0.882. The number of carbonyl (C=O) groups is 2. The lowest BCUT2D eigenvalue weighted by atomic mass is 9.84. The van der Waals surface area contributed by atoms with Crippen LogP contribution in [-0.2, 0) is 9.59 Å². The average molecular weight is 309 g/mol. The highest BCUT2D eigenvalue weighted by molar-refractivity contribution is 5.79. The summed E-state index contributed by atoms with van der Waals surface area (Å²) in [6, 6.07) is 0. The molecule has 1 unspecified atom stereocenters. The molecule has 2 amide bonds. The molecule has 0 aromatic heterocycles. The first kappa shape index (κ1) is 17.3. The van der Waals surface area contributed by atoms with E-state index >= 15 is 0 Å². The molecule has 126 valence electrons. The summed E-state index contributed by atoms with van der Waals surface area (Å²) in [5.74, 6) is 1.73. The van der Waals surface area contributed by atoms with Crippen LogP contribution in [0.1, 0.15) is 51.9 Å². The predicted octanol–water partition coefficient (Wildman–Crippen LogP) is 1.43. The summed E-state index contributed by atoms with van der Waals surface area (Å²) in [5, 5.41) is 9.29. The molecule has 3 N–H and O–H groups in total. The number of piperidine rings is 1. The third kappa shape index (κ3) is 5.59. The van der Waals surface area contributed by atoms with Crippen molar-refractivity contribution in [1.29, 1.82) is 0 Å². The summed E-state index contributed by atoms with van der Waals surface area (Å²) in [6.07, 6.45) is 7.06. The van der Waals surface area contributed by atoms with Crippen LogP contribution < -0.4 is 16.0 Å². The number of hydrogen-bond donors (Lipinski definition) is 3. The van der Waals surface area contributed by atoms with Gasteiger partial charge < -0.3 is 16.0 Å². The Labute approximate surface area is 134 Å². The molecule has 1 heterocycles. The Balaban J connectivity index is 1.49. The van der Waals surface area contributed by atoms with Gasteiger partial charge in [-0.3, -0.25) is 9.59 Å². The summed E-state index contributed by atoms with van der Waals surface area (Å²) in [5.41, 5.74) is 0. The molecule has 22 heavy (non-hydrogen) atoms. The second-order valence-electron chi connectivity index (χ2n) is 6.89. The predicted molar refractivity (Wildman–Crippen MR) is 87.4 cm³/mol. The van der Waals surface area contributed by atoms with Gasteiger partial charge >= 0.3 is 0 Å². The number of amides is 2. The first-order valence-electron chi connectivity index (χ1n) is 8.92. The first-order chi connectivity index (χ1) is 10.7. The van der Waals surface area contributed by atoms with Gasteiger partial charge in [0.15, 0.2) is 0 Å². The summed E-state index contributed by atoms with van der Waals surface area (Å²) >= 11 is 0. The zero-order chi connectivity index (χ0) is 15.8. The van der Waals surface area contributed by atoms with E-state index in [9.17, 15) is 9.59 Å². The minimum Gasteiger partial charge on any atom is -0.356 e. The van der Waals surface area contributed by atoms with Gasteiger partial charge in [-0.05, 0) is 57.0 Å². The normalized spacial score (nSPS) is 21.0. The number of rotatable bonds is 8. The average Bonchev–Trinajstić information content (AvgIpc) is 2.46. The van der Waals surface area contributed by atoms with Crippen molar-refractivity contribution in [3.8, 4) is 0 Å². The van der Waals surface area contributed by atoms with Crippen molar-refractivity contribution < 1.29 is 9.59 Å². The molecule has 0 radical (unpaired) electrons. The van der Waals surface area contributed by atoms with Crippen LogP contribution in [0, 0.1) is 17.8 Å². The maximum atomic E-state index is 11.9. The SMILES string of the molecule is CC(CC(=O)NCCCNC(=O)C1CCC1)C1CCNCC1. The monoisotopic (exact) mass is 309 g/mol. The Morgan fingerprint density at radius 1 is 1.09 bits per heavy atom. The molecular weight excluding hydrogens is 278 g/mol. The van der Waals surface area contributed by atoms with Gasteiger partial charge in [0.1, 0.15) is 0 Å². The molecule has 2 rings (SSSR count). The summed E-state index contributed by atoms with van der Waals surface area (Å²) in [7, 11) is 0. The smallest absolute Gasteiger partial charge is 0.223 e. The molecule has 0 bridgehead atoms. The molecule has 0 spiro atoms. The lowest BCUT2D eigenvalue weighted by molar-refractivity contribution is -0.127. The van der Waals surface area contributed by atoms with Crippen LogP contribution in [0.2, 0.25) is 0 Å². The van der Waals surface area contributed by atoms with Crippen LogP contribution in [0.4, 0.5) is 0 Å². The first-order valence-corrected chi connectivity index (χ1v) is 8.92. The Bertz CT molecular complexity index is 363. The Morgan fingerprint density at radius 2 is 1.77 bits per heavy atom. The molecule has 5 nitrogen and oxygen atoms in total. The van der Waals surface area contributed by atoms with Crippen LogP contribution in [0.25, 0.3) is 0 Å². The van der Waals surface area contributed by atoms with E-state index in [2.05, 4.69) is 22.9 Å². The van der Waals surface area contributed by atoms with Crippen LogP contribution in [0.5, 0.6) is 0 Å². The summed E-state index contributed by atoms with van der Waals surface area (Å²) in [6.45, 7) is 5.67. The van der Waals surface area contributed by atoms with Crippen molar-refractivity contribution >= 4 is 11.8 Å². The van der Waals surface area contributed by atoms with Crippen LogP contribution in [0.3, 0.4) is 0 Å². The maximum absolute atomic E-state index is 11.9. The van der Waals surface area contributed by atoms with Crippen molar-refractivity contribution in [2.24, 2.45) is 17.8 Å². The molecule has 2 fully saturated rings. The highest BCUT2D eigenvalue weighted by Crippen LogP contribution is 2.26. The van der Waals surface area contributed by atoms with Crippen molar-refractivity contribution in [1.82, 2.24) is 16.0 Å². The summed E-state index contributed by atoms with van der Waals surface area (Å²) < 4.78 is 0. The van der Waals surface area contributed by atoms with E-state index in [1.807, 2.05) is 0 Å². The van der Waals surface area contributed by atoms with E-state index < -0.39 is 0 Å². The van der Waals surface area contributed by atoms with Gasteiger partial charge in [-0.25, -0.2) is 0 Å². The molecule has 0 aromatic carbocycles. The maximum Gasteiger partial charge on any atom is 0.223 e. The second kappa shape index (κ2) is 9.13. The molecule has 2 aliphatic rings. The lowest BCUT2D eigenvalue weighted by Gasteiger charge is -2.27. The molecule has 1 saturated carbocycles. The van der Waals surface area contributed by atoms with E-state index in [0.29, 0.717) is 31.3 Å². The third-order valence-corrected chi connectivity index (χ3v) is 5.15. The van der Waals surface area contributed by atoms with Gasteiger partial charge in [0.05, 0.1) is 0 Å². The zero-order valence-electron chi connectivity index (χ0n) is 13.8. The molecule has 0 aromatic rings. The van der Waals surface area contributed by atoms with Gasteiger partial charge in [-0.1, -0.05) is 13.3 Å². The Morgan fingerprint density at radius 3 is 2.41 bits per heavy atom. The number of hydrogen-bond acceptors (Lipinski definition) is 3. The van der Waals surface area contributed by atoms with Crippen LogP contribution in [0.15, 0.2) is 0 Å². The zero-order valence-corrected chi connectivity index (χ0v) is 13.8. The Kier molecular flexibility index (Phi) is 7.16. The molecule has 1 aliphatic heterocycles. The van der Waals surface area contributed by atoms with E-state index in [0.717, 1.165) is 32.4 Å². The topological polar surface area (TPSA) is 70.2 Å². The molecule has 5 heteroatoms. The van der Waals surface area contributed by atoms with Gasteiger partial charge in [-0.2, -0.15) is 0 Å². The molecule has 1 atom stereocenters. The molecular formula is C17H31N3O2. The van der Waals surface area contributed by atoms with Gasteiger partial charge in [0.2, 0.25) is 11.8 Å². The van der Waals surface area contributed by atoms with Crippen molar-refractivity contribution in [2.45, 2.75) is 51.9 Å². The largest absolute Gasteiger partial charge is 0.356 e. The highest BCUT2D eigenvalue weighted by atomic mass is 16.2. The number of nitrogens with one attached hydrogen (secondary N) is 3. The van der Waals surface area contributed by atoms with Crippen LogP contribution >= 0.6 is 0 Å². The third-order valence-electron chi connectivity index (χ3n) is 5.15. The summed E-state index contributed by atoms with van der Waals surface area (Å²) in [4.78, 5) is 23.6. The standard InChI is InChI=1S/C17H31N3O2/c1-13(14-6-10-18-11-7-14)12-16(21)19-8-3-9-20-17(22)15-4-2-5-15/h13-15,18H,2-12H2,1H3,(H,19,21)(H,20,22). The van der Waals surface area contributed by atoms with Crippen molar-refractivity contribution in [3.05, 3.63) is 0 Å². The van der Waals surface area contributed by atoms with Crippen molar-refractivity contribution in [2.75, 3.05) is 26.2 Å². The second-order valence-corrected chi connectivity index (χ2v) is 6.89. The lowest BCUT2D eigenvalue weighted by Crippen LogP contribution is -2.36.